The third-order valence-corrected chi connectivity index (χ3v) is 4.07. The van der Waals surface area contributed by atoms with Crippen LogP contribution in [0.4, 0.5) is 0 Å². The first-order chi connectivity index (χ1) is 6.86. The summed E-state index contributed by atoms with van der Waals surface area (Å²) in [5, 5.41) is 9.13. The van der Waals surface area contributed by atoms with Crippen molar-refractivity contribution in [2.45, 2.75) is 25.3 Å². The van der Waals surface area contributed by atoms with Crippen LogP contribution in [-0.4, -0.2) is 30.3 Å². The smallest absolute Gasteiger partial charge is 0.0676 e. The van der Waals surface area contributed by atoms with E-state index in [-0.39, 0.29) is 5.92 Å². The molecular formula is C11H16N2S. The van der Waals surface area contributed by atoms with Gasteiger partial charge in [-0.1, -0.05) is 6.08 Å². The molecule has 0 saturated carbocycles. The Morgan fingerprint density at radius 3 is 3.14 bits per heavy atom. The zero-order valence-electron chi connectivity index (χ0n) is 8.57. The molecule has 1 saturated heterocycles. The fourth-order valence-electron chi connectivity index (χ4n) is 2.53. The van der Waals surface area contributed by atoms with Crippen molar-refractivity contribution in [3.63, 3.8) is 0 Å². The maximum Gasteiger partial charge on any atom is 0.0676 e. The lowest BCUT2D eigenvalue weighted by Gasteiger charge is -2.41. The Labute approximate surface area is 90.0 Å². The van der Waals surface area contributed by atoms with E-state index in [0.29, 0.717) is 6.04 Å². The van der Waals surface area contributed by atoms with Crippen LogP contribution in [0.2, 0.25) is 0 Å². The number of nitrogens with zero attached hydrogens (tertiary/aromatic N) is 2. The van der Waals surface area contributed by atoms with Gasteiger partial charge in [0.1, 0.15) is 0 Å². The molecule has 0 aromatic heterocycles. The maximum atomic E-state index is 9.13. The highest BCUT2D eigenvalue weighted by molar-refractivity contribution is 8.02. The molecule has 0 amide bonds. The fourth-order valence-corrected chi connectivity index (χ4v) is 3.37. The average Bonchev–Trinajstić information content (AvgIpc) is 2.27. The van der Waals surface area contributed by atoms with E-state index in [1.165, 1.54) is 17.9 Å². The summed E-state index contributed by atoms with van der Waals surface area (Å²) in [6.45, 7) is 2.33. The fraction of sp³-hybridized carbons (Fsp3) is 0.727. The molecule has 0 N–H and O–H groups in total. The summed E-state index contributed by atoms with van der Waals surface area (Å²) >= 11 is 1.82. The molecule has 0 aliphatic carbocycles. The molecule has 0 radical (unpaired) electrons. The van der Waals surface area contributed by atoms with Gasteiger partial charge in [-0.25, -0.2) is 0 Å². The van der Waals surface area contributed by atoms with E-state index >= 15 is 0 Å². The SMILES string of the molecule is CSC1=CCCN2CCC[C@H](C#N)[C@H]12. The molecule has 0 aromatic carbocycles. The molecule has 0 aromatic rings. The van der Waals surface area contributed by atoms with Gasteiger partial charge in [0, 0.05) is 6.54 Å². The van der Waals surface area contributed by atoms with Gasteiger partial charge in [0.25, 0.3) is 0 Å². The monoisotopic (exact) mass is 208 g/mol. The van der Waals surface area contributed by atoms with Crippen molar-refractivity contribution in [3.8, 4) is 6.07 Å². The first-order valence-electron chi connectivity index (χ1n) is 5.24. The van der Waals surface area contributed by atoms with E-state index in [2.05, 4.69) is 23.3 Å². The Hall–Kier alpha value is -0.460. The number of rotatable bonds is 1. The van der Waals surface area contributed by atoms with Crippen molar-refractivity contribution in [1.29, 1.82) is 5.26 Å². The molecule has 0 unspecified atom stereocenters. The number of hydrogen-bond donors (Lipinski definition) is 0. The highest BCUT2D eigenvalue weighted by Crippen LogP contribution is 2.35. The van der Waals surface area contributed by atoms with Crippen molar-refractivity contribution < 1.29 is 0 Å². The van der Waals surface area contributed by atoms with Gasteiger partial charge in [-0.05, 0) is 37.0 Å². The largest absolute Gasteiger partial charge is 0.294 e. The Balaban J connectivity index is 2.22. The van der Waals surface area contributed by atoms with Crippen LogP contribution < -0.4 is 0 Å². The van der Waals surface area contributed by atoms with Crippen LogP contribution in [0.15, 0.2) is 11.0 Å². The molecular weight excluding hydrogens is 192 g/mol. The standard InChI is InChI=1S/C11H16N2S/c1-14-10-5-3-7-13-6-2-4-9(8-12)11(10)13/h5,9,11H,2-4,6-7H2,1H3/t9-,11-/m1/s1. The normalized spacial score (nSPS) is 33.0. The van der Waals surface area contributed by atoms with Crippen LogP contribution in [0.5, 0.6) is 0 Å². The van der Waals surface area contributed by atoms with Crippen LogP contribution in [0.1, 0.15) is 19.3 Å². The molecule has 2 atom stereocenters. The van der Waals surface area contributed by atoms with E-state index in [1.54, 1.807) is 0 Å². The first-order valence-corrected chi connectivity index (χ1v) is 6.47. The van der Waals surface area contributed by atoms with Gasteiger partial charge in [0.15, 0.2) is 0 Å². The molecule has 0 bridgehead atoms. The Kier molecular flexibility index (Phi) is 3.15. The summed E-state index contributed by atoms with van der Waals surface area (Å²) in [5.41, 5.74) is 0. The minimum Gasteiger partial charge on any atom is -0.294 e. The molecule has 14 heavy (non-hydrogen) atoms. The lowest BCUT2D eigenvalue weighted by atomic mass is 9.88. The Bertz CT molecular complexity index is 280. The van der Waals surface area contributed by atoms with E-state index in [1.807, 2.05) is 11.8 Å². The van der Waals surface area contributed by atoms with Crippen molar-refractivity contribution in [3.05, 3.63) is 11.0 Å². The summed E-state index contributed by atoms with van der Waals surface area (Å²) in [5.74, 6) is 0.225. The minimum absolute atomic E-state index is 0.225. The molecule has 1 fully saturated rings. The van der Waals surface area contributed by atoms with Gasteiger partial charge in [-0.2, -0.15) is 5.26 Å². The van der Waals surface area contributed by atoms with Crippen LogP contribution >= 0.6 is 11.8 Å². The molecule has 2 aliphatic rings. The zero-order chi connectivity index (χ0) is 9.97. The van der Waals surface area contributed by atoms with E-state index in [9.17, 15) is 0 Å². The van der Waals surface area contributed by atoms with Crippen molar-refractivity contribution in [2.75, 3.05) is 19.3 Å². The predicted molar refractivity (Wildman–Crippen MR) is 59.9 cm³/mol. The third-order valence-electron chi connectivity index (χ3n) is 3.19. The second-order valence-electron chi connectivity index (χ2n) is 3.96. The van der Waals surface area contributed by atoms with Crippen molar-refractivity contribution in [2.24, 2.45) is 5.92 Å². The maximum absolute atomic E-state index is 9.13. The summed E-state index contributed by atoms with van der Waals surface area (Å²) < 4.78 is 0. The third kappa shape index (κ3) is 1.69. The lowest BCUT2D eigenvalue weighted by molar-refractivity contribution is 0.141. The molecule has 2 heterocycles. The molecule has 2 nitrogen and oxygen atoms in total. The summed E-state index contributed by atoms with van der Waals surface area (Å²) in [4.78, 5) is 3.91. The van der Waals surface area contributed by atoms with Crippen molar-refractivity contribution in [1.82, 2.24) is 4.90 Å². The molecule has 2 rings (SSSR count). The predicted octanol–water partition coefficient (Wildman–Crippen LogP) is 2.24. The summed E-state index contributed by atoms with van der Waals surface area (Å²) in [7, 11) is 0. The van der Waals surface area contributed by atoms with Crippen molar-refractivity contribution >= 4 is 11.8 Å². The first kappa shape index (κ1) is 10.1. The number of nitriles is 1. The Morgan fingerprint density at radius 1 is 1.57 bits per heavy atom. The molecule has 0 spiro atoms. The number of fused-ring (bicyclic) bond motifs is 1. The van der Waals surface area contributed by atoms with Crippen LogP contribution in [-0.2, 0) is 0 Å². The van der Waals surface area contributed by atoms with E-state index in [0.717, 1.165) is 19.4 Å². The average molecular weight is 208 g/mol. The second-order valence-corrected chi connectivity index (χ2v) is 4.84. The van der Waals surface area contributed by atoms with Crippen LogP contribution in [0.3, 0.4) is 0 Å². The second kappa shape index (κ2) is 4.37. The van der Waals surface area contributed by atoms with Gasteiger partial charge in [-0.15, -0.1) is 11.8 Å². The van der Waals surface area contributed by atoms with Gasteiger partial charge in [0.05, 0.1) is 18.0 Å². The Morgan fingerprint density at radius 2 is 2.43 bits per heavy atom. The molecule has 76 valence electrons. The van der Waals surface area contributed by atoms with E-state index < -0.39 is 0 Å². The summed E-state index contributed by atoms with van der Waals surface area (Å²) in [6, 6.07) is 2.89. The minimum atomic E-state index is 0.225. The number of thioether (sulfide) groups is 1. The summed E-state index contributed by atoms with van der Waals surface area (Å²) in [6.07, 6.45) is 7.87. The van der Waals surface area contributed by atoms with Gasteiger partial charge in [-0.3, -0.25) is 4.90 Å². The highest BCUT2D eigenvalue weighted by Gasteiger charge is 2.35. The van der Waals surface area contributed by atoms with E-state index in [4.69, 9.17) is 5.26 Å². The molecule has 2 aliphatic heterocycles. The lowest BCUT2D eigenvalue weighted by Crippen LogP contribution is -2.47. The zero-order valence-corrected chi connectivity index (χ0v) is 9.39. The number of hydrogen-bond acceptors (Lipinski definition) is 3. The van der Waals surface area contributed by atoms with Crippen LogP contribution in [0.25, 0.3) is 0 Å². The van der Waals surface area contributed by atoms with Gasteiger partial charge >= 0.3 is 0 Å². The van der Waals surface area contributed by atoms with Gasteiger partial charge in [0.2, 0.25) is 0 Å². The highest BCUT2D eigenvalue weighted by atomic mass is 32.2. The van der Waals surface area contributed by atoms with Gasteiger partial charge < -0.3 is 0 Å². The van der Waals surface area contributed by atoms with Crippen LogP contribution in [0, 0.1) is 17.2 Å². The number of piperidine rings is 1. The molecule has 3 heteroatoms. The topological polar surface area (TPSA) is 27.0 Å². The quantitative estimate of drug-likeness (QED) is 0.661.